The topological polar surface area (TPSA) is 32.3 Å². The predicted octanol–water partition coefficient (Wildman–Crippen LogP) is 0.570. The van der Waals surface area contributed by atoms with Crippen LogP contribution in [0.15, 0.2) is 0 Å². The van der Waals surface area contributed by atoms with Crippen LogP contribution in [0.25, 0.3) is 0 Å². The van der Waals surface area contributed by atoms with E-state index < -0.39 is 0 Å². The Bertz CT molecular complexity index is 48.5. The molecule has 50 valence electrons. The fourth-order valence-electron chi connectivity index (χ4n) is 0.508. The smallest absolute Gasteiger partial charge is 0.107 e. The van der Waals surface area contributed by atoms with E-state index in [1.54, 1.807) is 7.05 Å². The summed E-state index contributed by atoms with van der Waals surface area (Å²) in [7, 11) is 1.76. The first-order valence-corrected chi connectivity index (χ1v) is 3.07. The van der Waals surface area contributed by atoms with Crippen LogP contribution < -0.4 is 5.32 Å². The van der Waals surface area contributed by atoms with E-state index in [4.69, 9.17) is 5.11 Å². The van der Waals surface area contributed by atoms with Gasteiger partial charge in [-0.3, -0.25) is 5.32 Å². The maximum absolute atomic E-state index is 9.02. The molecule has 0 aromatic heterocycles. The van der Waals surface area contributed by atoms with Gasteiger partial charge in [0.2, 0.25) is 0 Å². The number of hydrogen-bond donors (Lipinski definition) is 2. The lowest BCUT2D eigenvalue weighted by Crippen LogP contribution is -2.30. The van der Waals surface area contributed by atoms with Crippen molar-refractivity contribution >= 4 is 0 Å². The zero-order valence-corrected chi connectivity index (χ0v) is 5.81. The van der Waals surface area contributed by atoms with Gasteiger partial charge in [-0.25, -0.2) is 0 Å². The molecule has 0 saturated carbocycles. The first-order chi connectivity index (χ1) is 3.72. The highest BCUT2D eigenvalue weighted by Gasteiger charge is 2.07. The summed E-state index contributed by atoms with van der Waals surface area (Å²) in [5, 5.41) is 11.8. The second kappa shape index (κ2) is 3.87. The molecule has 0 aliphatic heterocycles. The minimum Gasteiger partial charge on any atom is -0.378 e. The molecule has 0 bridgehead atoms. The third-order valence-electron chi connectivity index (χ3n) is 1.48. The number of hydrogen-bond acceptors (Lipinski definition) is 2. The molecule has 0 unspecified atom stereocenters. The van der Waals surface area contributed by atoms with Crippen LogP contribution in [0.1, 0.15) is 20.3 Å². The molecular weight excluding hydrogens is 102 g/mol. The summed E-state index contributed by atoms with van der Waals surface area (Å²) in [6.45, 7) is 4.08. The van der Waals surface area contributed by atoms with E-state index in [0.717, 1.165) is 6.42 Å². The molecule has 2 heteroatoms. The van der Waals surface area contributed by atoms with Crippen molar-refractivity contribution in [2.24, 2.45) is 5.92 Å². The van der Waals surface area contributed by atoms with Crippen LogP contribution in [-0.2, 0) is 0 Å². The molecule has 0 amide bonds. The molecule has 0 heterocycles. The van der Waals surface area contributed by atoms with Gasteiger partial charge in [0.25, 0.3) is 0 Å². The van der Waals surface area contributed by atoms with Crippen LogP contribution in [0.5, 0.6) is 0 Å². The van der Waals surface area contributed by atoms with E-state index in [-0.39, 0.29) is 6.23 Å². The van der Waals surface area contributed by atoms with Gasteiger partial charge in [0.15, 0.2) is 0 Å². The second-order valence-electron chi connectivity index (χ2n) is 2.12. The molecule has 0 aliphatic rings. The fourth-order valence-corrected chi connectivity index (χ4v) is 0.508. The maximum atomic E-state index is 9.02. The normalized spacial score (nSPS) is 18.0. The van der Waals surface area contributed by atoms with Crippen LogP contribution in [-0.4, -0.2) is 18.4 Å². The zero-order chi connectivity index (χ0) is 6.57. The van der Waals surface area contributed by atoms with Gasteiger partial charge in [-0.2, -0.15) is 0 Å². The SMILES string of the molecule is CC[C@H](C)[C@@H](O)NC. The summed E-state index contributed by atoms with van der Waals surface area (Å²) in [4.78, 5) is 0. The molecule has 0 rings (SSSR count). The average Bonchev–Trinajstić information content (AvgIpc) is 1.84. The third-order valence-corrected chi connectivity index (χ3v) is 1.48. The number of aliphatic hydroxyl groups excluding tert-OH is 1. The monoisotopic (exact) mass is 117 g/mol. The largest absolute Gasteiger partial charge is 0.378 e. The number of rotatable bonds is 3. The van der Waals surface area contributed by atoms with Crippen molar-refractivity contribution < 1.29 is 5.11 Å². The molecule has 0 spiro atoms. The van der Waals surface area contributed by atoms with Crippen molar-refractivity contribution in [3.8, 4) is 0 Å². The van der Waals surface area contributed by atoms with Crippen LogP contribution in [0.2, 0.25) is 0 Å². The average molecular weight is 117 g/mol. The van der Waals surface area contributed by atoms with Crippen LogP contribution >= 0.6 is 0 Å². The molecule has 2 atom stereocenters. The van der Waals surface area contributed by atoms with E-state index in [1.807, 2.05) is 6.92 Å². The van der Waals surface area contributed by atoms with Gasteiger partial charge >= 0.3 is 0 Å². The highest BCUT2D eigenvalue weighted by molar-refractivity contribution is 4.56. The lowest BCUT2D eigenvalue weighted by molar-refractivity contribution is 0.0890. The predicted molar refractivity (Wildman–Crippen MR) is 34.5 cm³/mol. The van der Waals surface area contributed by atoms with Crippen LogP contribution in [0.4, 0.5) is 0 Å². The molecule has 0 aliphatic carbocycles. The highest BCUT2D eigenvalue weighted by Crippen LogP contribution is 2.02. The summed E-state index contributed by atoms with van der Waals surface area (Å²) in [5.74, 6) is 0.361. The molecule has 2 N–H and O–H groups in total. The standard InChI is InChI=1S/C6H15NO/c1-4-5(2)6(8)7-3/h5-8H,4H2,1-3H3/t5-,6+/m0/s1. The van der Waals surface area contributed by atoms with Gasteiger partial charge < -0.3 is 5.11 Å². The van der Waals surface area contributed by atoms with Gasteiger partial charge in [0.05, 0.1) is 0 Å². The summed E-state index contributed by atoms with van der Waals surface area (Å²) in [6.07, 6.45) is 0.683. The van der Waals surface area contributed by atoms with E-state index in [1.165, 1.54) is 0 Å². The van der Waals surface area contributed by atoms with E-state index in [2.05, 4.69) is 12.2 Å². The molecule has 0 fully saturated rings. The Hall–Kier alpha value is -0.0800. The highest BCUT2D eigenvalue weighted by atomic mass is 16.3. The maximum Gasteiger partial charge on any atom is 0.107 e. The third kappa shape index (κ3) is 2.28. The first-order valence-electron chi connectivity index (χ1n) is 3.07. The van der Waals surface area contributed by atoms with E-state index >= 15 is 0 Å². The Labute approximate surface area is 50.9 Å². The molecule has 8 heavy (non-hydrogen) atoms. The lowest BCUT2D eigenvalue weighted by atomic mass is 10.1. The molecular formula is C6H15NO. The van der Waals surface area contributed by atoms with Crippen molar-refractivity contribution in [1.82, 2.24) is 5.32 Å². The number of aliphatic hydroxyl groups is 1. The second-order valence-corrected chi connectivity index (χ2v) is 2.12. The lowest BCUT2D eigenvalue weighted by Gasteiger charge is -2.14. The van der Waals surface area contributed by atoms with Gasteiger partial charge in [0.1, 0.15) is 6.23 Å². The molecule has 2 nitrogen and oxygen atoms in total. The quantitative estimate of drug-likeness (QED) is 0.530. The molecule has 0 radical (unpaired) electrons. The Balaban J connectivity index is 3.29. The van der Waals surface area contributed by atoms with Crippen molar-refractivity contribution in [3.05, 3.63) is 0 Å². The Morgan fingerprint density at radius 2 is 2.12 bits per heavy atom. The Morgan fingerprint density at radius 1 is 1.62 bits per heavy atom. The van der Waals surface area contributed by atoms with Gasteiger partial charge in [-0.15, -0.1) is 0 Å². The van der Waals surface area contributed by atoms with Crippen LogP contribution in [0.3, 0.4) is 0 Å². The summed E-state index contributed by atoms with van der Waals surface area (Å²) < 4.78 is 0. The fraction of sp³-hybridized carbons (Fsp3) is 1.00. The molecule has 0 aromatic rings. The van der Waals surface area contributed by atoms with E-state index in [9.17, 15) is 0 Å². The van der Waals surface area contributed by atoms with Gasteiger partial charge in [-0.05, 0) is 19.4 Å². The van der Waals surface area contributed by atoms with Gasteiger partial charge in [0, 0.05) is 0 Å². The summed E-state index contributed by atoms with van der Waals surface area (Å²) >= 11 is 0. The van der Waals surface area contributed by atoms with Crippen LogP contribution in [0, 0.1) is 5.92 Å². The van der Waals surface area contributed by atoms with Crippen molar-refractivity contribution in [2.75, 3.05) is 7.05 Å². The van der Waals surface area contributed by atoms with Gasteiger partial charge in [-0.1, -0.05) is 13.8 Å². The molecule has 0 saturated heterocycles. The van der Waals surface area contributed by atoms with Crippen molar-refractivity contribution in [2.45, 2.75) is 26.5 Å². The van der Waals surface area contributed by atoms with E-state index in [0.29, 0.717) is 5.92 Å². The summed E-state index contributed by atoms with van der Waals surface area (Å²) in [5.41, 5.74) is 0. The van der Waals surface area contributed by atoms with Crippen molar-refractivity contribution in [3.63, 3.8) is 0 Å². The minimum absolute atomic E-state index is 0.333. The number of nitrogens with one attached hydrogen (secondary N) is 1. The first kappa shape index (κ1) is 7.92. The molecule has 0 aromatic carbocycles. The van der Waals surface area contributed by atoms with Crippen molar-refractivity contribution in [1.29, 1.82) is 0 Å². The minimum atomic E-state index is -0.333. The summed E-state index contributed by atoms with van der Waals surface area (Å²) in [6, 6.07) is 0. The Kier molecular flexibility index (Phi) is 3.83. The Morgan fingerprint density at radius 3 is 2.25 bits per heavy atom. The zero-order valence-electron chi connectivity index (χ0n) is 5.81.